The smallest absolute Gasteiger partial charge is 0.264 e. The molecule has 4 nitrogen and oxygen atoms in total. The second-order valence-electron chi connectivity index (χ2n) is 4.01. The maximum absolute atomic E-state index is 12.2. The maximum atomic E-state index is 12.2. The predicted molar refractivity (Wildman–Crippen MR) is 64.3 cm³/mol. The van der Waals surface area contributed by atoms with Gasteiger partial charge in [-0.05, 0) is 17.7 Å². The van der Waals surface area contributed by atoms with Gasteiger partial charge in [0, 0.05) is 11.4 Å². The number of alkyl halides is 2. The minimum Gasteiger partial charge on any atom is -0.387 e. The molecule has 1 heterocycles. The minimum absolute atomic E-state index is 0.00300. The van der Waals surface area contributed by atoms with Crippen LogP contribution in [0.1, 0.15) is 17.3 Å². The van der Waals surface area contributed by atoms with Gasteiger partial charge < -0.3 is 9.63 Å². The lowest BCUT2D eigenvalue weighted by molar-refractivity contribution is -0.00754. The lowest BCUT2D eigenvalue weighted by Crippen LogP contribution is -2.20. The number of aromatic nitrogens is 2. The molecular weight excluding hydrogens is 278 g/mol. The predicted octanol–water partition coefficient (Wildman–Crippen LogP) is 2.48. The van der Waals surface area contributed by atoms with Crippen molar-refractivity contribution >= 4 is 11.6 Å². The SMILES string of the molecule is OC(Cc1nc(Cc2ccc(Cl)cc2)no1)C(F)F. The highest BCUT2D eigenvalue weighted by atomic mass is 35.5. The first-order valence-corrected chi connectivity index (χ1v) is 5.94. The molecule has 0 amide bonds. The van der Waals surface area contributed by atoms with Crippen molar-refractivity contribution in [3.63, 3.8) is 0 Å². The zero-order valence-electron chi connectivity index (χ0n) is 9.76. The lowest BCUT2D eigenvalue weighted by Gasteiger charge is -2.04. The largest absolute Gasteiger partial charge is 0.387 e. The average Bonchev–Trinajstić information content (AvgIpc) is 2.79. The summed E-state index contributed by atoms with van der Waals surface area (Å²) in [7, 11) is 0. The first kappa shape index (κ1) is 13.9. The molecule has 0 saturated carbocycles. The van der Waals surface area contributed by atoms with E-state index in [2.05, 4.69) is 10.1 Å². The Bertz CT molecular complexity index is 531. The average molecular weight is 289 g/mol. The van der Waals surface area contributed by atoms with E-state index in [0.717, 1.165) is 5.56 Å². The Hall–Kier alpha value is -1.53. The van der Waals surface area contributed by atoms with Crippen LogP contribution >= 0.6 is 11.6 Å². The minimum atomic E-state index is -2.83. The molecule has 1 aromatic carbocycles. The number of hydrogen-bond acceptors (Lipinski definition) is 4. The van der Waals surface area contributed by atoms with Gasteiger partial charge in [-0.25, -0.2) is 8.78 Å². The van der Waals surface area contributed by atoms with Crippen LogP contribution in [0.3, 0.4) is 0 Å². The van der Waals surface area contributed by atoms with E-state index in [9.17, 15) is 8.78 Å². The molecule has 0 spiro atoms. The Morgan fingerprint density at radius 2 is 1.95 bits per heavy atom. The van der Waals surface area contributed by atoms with Crippen molar-refractivity contribution in [1.29, 1.82) is 0 Å². The summed E-state index contributed by atoms with van der Waals surface area (Å²) in [5, 5.41) is 13.3. The topological polar surface area (TPSA) is 59.2 Å². The number of halogens is 3. The van der Waals surface area contributed by atoms with Gasteiger partial charge in [-0.2, -0.15) is 4.98 Å². The van der Waals surface area contributed by atoms with E-state index in [1.54, 1.807) is 12.1 Å². The highest BCUT2D eigenvalue weighted by molar-refractivity contribution is 6.30. The molecule has 1 N–H and O–H groups in total. The Kier molecular flexibility index (Phi) is 4.44. The van der Waals surface area contributed by atoms with Gasteiger partial charge in [0.15, 0.2) is 5.82 Å². The molecule has 1 aromatic heterocycles. The summed E-state index contributed by atoms with van der Waals surface area (Å²) in [6.45, 7) is 0. The number of hydrogen-bond donors (Lipinski definition) is 1. The highest BCUT2D eigenvalue weighted by Gasteiger charge is 2.20. The van der Waals surface area contributed by atoms with Crippen molar-refractivity contribution in [2.75, 3.05) is 0 Å². The summed E-state index contributed by atoms with van der Waals surface area (Å²) in [5.41, 5.74) is 0.922. The van der Waals surface area contributed by atoms with E-state index in [1.807, 2.05) is 12.1 Å². The quantitative estimate of drug-likeness (QED) is 0.918. The van der Waals surface area contributed by atoms with Crippen molar-refractivity contribution in [1.82, 2.24) is 10.1 Å². The first-order valence-electron chi connectivity index (χ1n) is 5.56. The van der Waals surface area contributed by atoms with Crippen molar-refractivity contribution in [2.24, 2.45) is 0 Å². The van der Waals surface area contributed by atoms with Gasteiger partial charge in [-0.3, -0.25) is 0 Å². The standard InChI is InChI=1S/C12H11ClF2N2O2/c13-8-3-1-7(2-4-8)5-10-16-11(19-17-10)6-9(18)12(14)15/h1-4,9,12,18H,5-6H2. The van der Waals surface area contributed by atoms with Crippen LogP contribution < -0.4 is 0 Å². The lowest BCUT2D eigenvalue weighted by atomic mass is 10.1. The van der Waals surface area contributed by atoms with Crippen LogP contribution in [0.2, 0.25) is 5.02 Å². The van der Waals surface area contributed by atoms with E-state index in [4.69, 9.17) is 21.2 Å². The Morgan fingerprint density at radius 3 is 2.58 bits per heavy atom. The Morgan fingerprint density at radius 1 is 1.26 bits per heavy atom. The zero-order valence-corrected chi connectivity index (χ0v) is 10.5. The van der Waals surface area contributed by atoms with Crippen molar-refractivity contribution in [2.45, 2.75) is 25.4 Å². The van der Waals surface area contributed by atoms with E-state index < -0.39 is 12.5 Å². The van der Waals surface area contributed by atoms with E-state index in [1.165, 1.54) is 0 Å². The first-order chi connectivity index (χ1) is 9.04. The molecular formula is C12H11ClF2N2O2. The summed E-state index contributed by atoms with van der Waals surface area (Å²) in [5.74, 6) is 0.371. The van der Waals surface area contributed by atoms with Crippen molar-refractivity contribution in [3.8, 4) is 0 Å². The third kappa shape index (κ3) is 3.97. The van der Waals surface area contributed by atoms with Crippen LogP contribution in [0.15, 0.2) is 28.8 Å². The fraction of sp³-hybridized carbons (Fsp3) is 0.333. The fourth-order valence-corrected chi connectivity index (χ4v) is 1.62. The van der Waals surface area contributed by atoms with Crippen LogP contribution in [0, 0.1) is 0 Å². The summed E-state index contributed by atoms with van der Waals surface area (Å²) >= 11 is 5.76. The molecule has 2 aromatic rings. The van der Waals surface area contributed by atoms with Crippen LogP contribution in [0.4, 0.5) is 8.78 Å². The van der Waals surface area contributed by atoms with Gasteiger partial charge >= 0.3 is 0 Å². The molecule has 0 fully saturated rings. The van der Waals surface area contributed by atoms with Gasteiger partial charge in [-0.15, -0.1) is 0 Å². The Balaban J connectivity index is 1.99. The molecule has 102 valence electrons. The fourth-order valence-electron chi connectivity index (χ4n) is 1.50. The monoisotopic (exact) mass is 288 g/mol. The molecule has 2 rings (SSSR count). The number of benzene rings is 1. The van der Waals surface area contributed by atoms with Gasteiger partial charge in [0.1, 0.15) is 6.10 Å². The van der Waals surface area contributed by atoms with Crippen LogP contribution in [0.25, 0.3) is 0 Å². The summed E-state index contributed by atoms with van der Waals surface area (Å²) in [4.78, 5) is 3.95. The molecule has 7 heteroatoms. The van der Waals surface area contributed by atoms with Crippen molar-refractivity contribution in [3.05, 3.63) is 46.6 Å². The van der Waals surface area contributed by atoms with Gasteiger partial charge in [0.25, 0.3) is 6.43 Å². The molecule has 1 atom stereocenters. The third-order valence-electron chi connectivity index (χ3n) is 2.46. The molecule has 0 aliphatic rings. The molecule has 0 bridgehead atoms. The highest BCUT2D eigenvalue weighted by Crippen LogP contribution is 2.13. The van der Waals surface area contributed by atoms with E-state index in [0.29, 0.717) is 17.3 Å². The molecule has 0 aliphatic carbocycles. The van der Waals surface area contributed by atoms with E-state index >= 15 is 0 Å². The van der Waals surface area contributed by atoms with Gasteiger partial charge in [0.05, 0.1) is 6.42 Å². The molecule has 0 aliphatic heterocycles. The normalized spacial score (nSPS) is 12.9. The van der Waals surface area contributed by atoms with Crippen LogP contribution in [0.5, 0.6) is 0 Å². The maximum Gasteiger partial charge on any atom is 0.264 e. The summed E-state index contributed by atoms with van der Waals surface area (Å²) in [6.07, 6.45) is -4.56. The van der Waals surface area contributed by atoms with Crippen LogP contribution in [-0.4, -0.2) is 27.8 Å². The number of nitrogens with zero attached hydrogens (tertiary/aromatic N) is 2. The van der Waals surface area contributed by atoms with Crippen molar-refractivity contribution < 1.29 is 18.4 Å². The Labute approximate surface area is 113 Å². The zero-order chi connectivity index (χ0) is 13.8. The number of rotatable bonds is 5. The van der Waals surface area contributed by atoms with Gasteiger partial charge in [0.2, 0.25) is 5.89 Å². The molecule has 1 unspecified atom stereocenters. The second-order valence-corrected chi connectivity index (χ2v) is 4.45. The third-order valence-corrected chi connectivity index (χ3v) is 2.71. The number of aliphatic hydroxyl groups is 1. The summed E-state index contributed by atoms with van der Waals surface area (Å²) in [6, 6.07) is 7.09. The molecule has 0 saturated heterocycles. The molecule has 19 heavy (non-hydrogen) atoms. The summed E-state index contributed by atoms with van der Waals surface area (Å²) < 4.78 is 29.1. The number of aliphatic hydroxyl groups excluding tert-OH is 1. The van der Waals surface area contributed by atoms with Crippen LogP contribution in [-0.2, 0) is 12.8 Å². The van der Waals surface area contributed by atoms with Gasteiger partial charge in [-0.1, -0.05) is 28.9 Å². The second kappa shape index (κ2) is 6.08. The molecule has 0 radical (unpaired) electrons. The van der Waals surface area contributed by atoms with E-state index in [-0.39, 0.29) is 12.3 Å².